The zero-order chi connectivity index (χ0) is 17.0. The van der Waals surface area contributed by atoms with Gasteiger partial charge in [0.15, 0.2) is 0 Å². The molecule has 6 heteroatoms. The standard InChI is InChI=1S/C17H17N3O3/c1-11-8-9-14(10-12(11)2)13(3)18-19-17(21)15-6-4-5-7-16(15)20(22)23/h4-10H,1-3H3,(H,19,21)/b18-13+. The maximum absolute atomic E-state index is 12.1. The van der Waals surface area contributed by atoms with E-state index in [0.717, 1.165) is 11.1 Å². The van der Waals surface area contributed by atoms with Crippen LogP contribution >= 0.6 is 0 Å². The number of hydrogen-bond acceptors (Lipinski definition) is 4. The normalized spacial score (nSPS) is 11.2. The highest BCUT2D eigenvalue weighted by molar-refractivity contribution is 6.02. The van der Waals surface area contributed by atoms with Crippen molar-refractivity contribution in [3.8, 4) is 0 Å². The van der Waals surface area contributed by atoms with Gasteiger partial charge in [-0.3, -0.25) is 14.9 Å². The van der Waals surface area contributed by atoms with Crippen LogP contribution < -0.4 is 5.43 Å². The van der Waals surface area contributed by atoms with E-state index in [0.29, 0.717) is 5.71 Å². The molecule has 0 aliphatic carbocycles. The summed E-state index contributed by atoms with van der Waals surface area (Å²) in [7, 11) is 0. The summed E-state index contributed by atoms with van der Waals surface area (Å²) in [5.74, 6) is -0.611. The van der Waals surface area contributed by atoms with Gasteiger partial charge in [-0.15, -0.1) is 0 Å². The molecular formula is C17H17N3O3. The molecule has 0 aliphatic rings. The first-order valence-corrected chi connectivity index (χ1v) is 7.06. The van der Waals surface area contributed by atoms with Crippen molar-refractivity contribution in [1.29, 1.82) is 0 Å². The third-order valence-corrected chi connectivity index (χ3v) is 3.60. The Morgan fingerprint density at radius 2 is 1.83 bits per heavy atom. The lowest BCUT2D eigenvalue weighted by atomic mass is 10.0. The minimum absolute atomic E-state index is 0.0193. The van der Waals surface area contributed by atoms with Crippen molar-refractivity contribution in [2.45, 2.75) is 20.8 Å². The second-order valence-corrected chi connectivity index (χ2v) is 5.21. The summed E-state index contributed by atoms with van der Waals surface area (Å²) < 4.78 is 0. The van der Waals surface area contributed by atoms with E-state index < -0.39 is 10.8 Å². The molecule has 6 nitrogen and oxygen atoms in total. The average Bonchev–Trinajstić information content (AvgIpc) is 2.54. The van der Waals surface area contributed by atoms with Crippen LogP contribution in [0.4, 0.5) is 5.69 Å². The number of rotatable bonds is 4. The van der Waals surface area contributed by atoms with Crippen LogP contribution in [0.1, 0.15) is 34.0 Å². The van der Waals surface area contributed by atoms with Crippen molar-refractivity contribution in [1.82, 2.24) is 5.43 Å². The number of para-hydroxylation sites is 1. The topological polar surface area (TPSA) is 84.6 Å². The summed E-state index contributed by atoms with van der Waals surface area (Å²) in [6, 6.07) is 11.6. The number of nitro groups is 1. The number of carbonyl (C=O) groups excluding carboxylic acids is 1. The number of hydrogen-bond donors (Lipinski definition) is 1. The molecule has 2 aromatic rings. The molecule has 0 radical (unpaired) electrons. The molecule has 118 valence electrons. The first kappa shape index (κ1) is 16.4. The molecule has 23 heavy (non-hydrogen) atoms. The Labute approximate surface area is 134 Å². The lowest BCUT2D eigenvalue weighted by molar-refractivity contribution is -0.385. The van der Waals surface area contributed by atoms with E-state index in [-0.39, 0.29) is 11.3 Å². The van der Waals surface area contributed by atoms with Gasteiger partial charge < -0.3 is 0 Å². The van der Waals surface area contributed by atoms with Crippen LogP contribution in [0.15, 0.2) is 47.6 Å². The molecule has 0 unspecified atom stereocenters. The van der Waals surface area contributed by atoms with Gasteiger partial charge in [-0.1, -0.05) is 24.3 Å². The monoisotopic (exact) mass is 311 g/mol. The number of nitrogens with one attached hydrogen (secondary N) is 1. The number of nitro benzene ring substituents is 1. The molecule has 2 rings (SSSR count). The Bertz CT molecular complexity index is 797. The van der Waals surface area contributed by atoms with E-state index in [1.807, 2.05) is 32.0 Å². The van der Waals surface area contributed by atoms with Gasteiger partial charge in [0, 0.05) is 6.07 Å². The summed E-state index contributed by atoms with van der Waals surface area (Å²) in [5.41, 5.74) is 5.91. The van der Waals surface area contributed by atoms with Crippen molar-refractivity contribution in [2.24, 2.45) is 5.10 Å². The molecule has 0 saturated carbocycles. The molecule has 0 aliphatic heterocycles. The van der Waals surface area contributed by atoms with Crippen molar-refractivity contribution in [3.63, 3.8) is 0 Å². The van der Waals surface area contributed by atoms with Gasteiger partial charge in [0.1, 0.15) is 5.56 Å². The Hall–Kier alpha value is -3.02. The molecule has 0 bridgehead atoms. The zero-order valence-electron chi connectivity index (χ0n) is 13.2. The highest BCUT2D eigenvalue weighted by Gasteiger charge is 2.18. The molecule has 0 saturated heterocycles. The molecule has 0 spiro atoms. The van der Waals surface area contributed by atoms with Gasteiger partial charge in [-0.2, -0.15) is 5.10 Å². The summed E-state index contributed by atoms with van der Waals surface area (Å²) in [4.78, 5) is 22.5. The van der Waals surface area contributed by atoms with Crippen LogP contribution in [-0.2, 0) is 0 Å². The Kier molecular flexibility index (Phi) is 4.85. The lowest BCUT2D eigenvalue weighted by Crippen LogP contribution is -2.20. The quantitative estimate of drug-likeness (QED) is 0.533. The lowest BCUT2D eigenvalue weighted by Gasteiger charge is -2.06. The fourth-order valence-corrected chi connectivity index (χ4v) is 2.05. The molecular weight excluding hydrogens is 294 g/mol. The fourth-order valence-electron chi connectivity index (χ4n) is 2.05. The number of benzene rings is 2. The summed E-state index contributed by atoms with van der Waals surface area (Å²) >= 11 is 0. The summed E-state index contributed by atoms with van der Waals surface area (Å²) in [6.07, 6.45) is 0. The maximum atomic E-state index is 12.1. The third-order valence-electron chi connectivity index (χ3n) is 3.60. The van der Waals surface area contributed by atoms with Crippen molar-refractivity contribution >= 4 is 17.3 Å². The highest BCUT2D eigenvalue weighted by Crippen LogP contribution is 2.17. The predicted molar refractivity (Wildman–Crippen MR) is 88.7 cm³/mol. The Balaban J connectivity index is 2.20. The van der Waals surface area contributed by atoms with E-state index in [4.69, 9.17) is 0 Å². The molecule has 2 aromatic carbocycles. The SMILES string of the molecule is C/C(=N\NC(=O)c1ccccc1[N+](=O)[O-])c1ccc(C)c(C)c1. The van der Waals surface area contributed by atoms with Crippen LogP contribution in [0.2, 0.25) is 0 Å². The first-order chi connectivity index (χ1) is 10.9. The van der Waals surface area contributed by atoms with Crippen LogP contribution in [0.25, 0.3) is 0 Å². The van der Waals surface area contributed by atoms with Gasteiger partial charge in [0.2, 0.25) is 0 Å². The summed E-state index contributed by atoms with van der Waals surface area (Å²) in [6.45, 7) is 5.78. The second kappa shape index (κ2) is 6.83. The molecule has 0 aromatic heterocycles. The first-order valence-electron chi connectivity index (χ1n) is 7.06. The van der Waals surface area contributed by atoms with E-state index in [1.165, 1.54) is 23.8 Å². The van der Waals surface area contributed by atoms with E-state index >= 15 is 0 Å². The molecule has 0 heterocycles. The van der Waals surface area contributed by atoms with Gasteiger partial charge >= 0.3 is 0 Å². The van der Waals surface area contributed by atoms with Gasteiger partial charge in [-0.25, -0.2) is 5.43 Å². The number of carbonyl (C=O) groups is 1. The third kappa shape index (κ3) is 3.79. The zero-order valence-corrected chi connectivity index (χ0v) is 13.2. The molecule has 0 atom stereocenters. The van der Waals surface area contributed by atoms with Crippen LogP contribution in [0.3, 0.4) is 0 Å². The minimum atomic E-state index is -0.611. The van der Waals surface area contributed by atoms with E-state index in [9.17, 15) is 14.9 Å². The van der Waals surface area contributed by atoms with Crippen LogP contribution in [0, 0.1) is 24.0 Å². The van der Waals surface area contributed by atoms with E-state index in [1.54, 1.807) is 13.0 Å². The molecule has 1 amide bonds. The highest BCUT2D eigenvalue weighted by atomic mass is 16.6. The van der Waals surface area contributed by atoms with Crippen molar-refractivity contribution < 1.29 is 9.72 Å². The average molecular weight is 311 g/mol. The van der Waals surface area contributed by atoms with Gasteiger partial charge in [-0.05, 0) is 49.6 Å². The largest absolute Gasteiger partial charge is 0.282 e. The van der Waals surface area contributed by atoms with Crippen LogP contribution in [-0.4, -0.2) is 16.5 Å². The summed E-state index contributed by atoms with van der Waals surface area (Å²) in [5, 5.41) is 15.0. The predicted octanol–water partition coefficient (Wildman–Crippen LogP) is 3.37. The molecule has 1 N–H and O–H groups in total. The van der Waals surface area contributed by atoms with Crippen molar-refractivity contribution in [2.75, 3.05) is 0 Å². The van der Waals surface area contributed by atoms with Crippen LogP contribution in [0.5, 0.6) is 0 Å². The molecule has 0 fully saturated rings. The Morgan fingerprint density at radius 3 is 2.48 bits per heavy atom. The number of aryl methyl sites for hydroxylation is 2. The smallest absolute Gasteiger partial charge is 0.267 e. The Morgan fingerprint density at radius 1 is 1.13 bits per heavy atom. The number of hydrazone groups is 1. The maximum Gasteiger partial charge on any atom is 0.282 e. The number of nitrogens with zero attached hydrogens (tertiary/aromatic N) is 2. The van der Waals surface area contributed by atoms with Gasteiger partial charge in [0.05, 0.1) is 10.6 Å². The minimum Gasteiger partial charge on any atom is -0.267 e. The number of amides is 1. The fraction of sp³-hybridized carbons (Fsp3) is 0.176. The van der Waals surface area contributed by atoms with Crippen molar-refractivity contribution in [3.05, 3.63) is 74.8 Å². The van der Waals surface area contributed by atoms with E-state index in [2.05, 4.69) is 10.5 Å². The second-order valence-electron chi connectivity index (χ2n) is 5.21. The van der Waals surface area contributed by atoms with Gasteiger partial charge in [0.25, 0.3) is 11.6 Å².